The standard InChI is InChI=1S/C16H25N3O/c1-19(15-8-3-2-4-9-15)12-6-11-18-16(20)13-14-7-5-10-17-14/h2-4,8-9,14,17H,5-7,10-13H2,1H3,(H,18,20). The summed E-state index contributed by atoms with van der Waals surface area (Å²) in [7, 11) is 2.08. The second-order valence-corrected chi connectivity index (χ2v) is 5.46. The van der Waals surface area contributed by atoms with Gasteiger partial charge in [0.05, 0.1) is 0 Å². The Morgan fingerprint density at radius 1 is 1.40 bits per heavy atom. The van der Waals surface area contributed by atoms with Gasteiger partial charge in [-0.3, -0.25) is 4.79 Å². The van der Waals surface area contributed by atoms with Crippen LogP contribution in [-0.4, -0.2) is 38.6 Å². The smallest absolute Gasteiger partial charge is 0.221 e. The summed E-state index contributed by atoms with van der Waals surface area (Å²) >= 11 is 0. The van der Waals surface area contributed by atoms with Crippen molar-refractivity contribution in [2.45, 2.75) is 31.7 Å². The molecule has 2 N–H and O–H groups in total. The first-order valence-corrected chi connectivity index (χ1v) is 7.52. The van der Waals surface area contributed by atoms with Crippen LogP contribution in [0.4, 0.5) is 5.69 Å². The Kier molecular flexibility index (Phi) is 5.87. The molecule has 0 saturated carbocycles. The van der Waals surface area contributed by atoms with Crippen LogP contribution in [0.5, 0.6) is 0 Å². The van der Waals surface area contributed by atoms with Gasteiger partial charge in [-0.2, -0.15) is 0 Å². The van der Waals surface area contributed by atoms with E-state index in [0.717, 1.165) is 32.5 Å². The zero-order valence-corrected chi connectivity index (χ0v) is 12.3. The number of rotatable bonds is 7. The van der Waals surface area contributed by atoms with Gasteiger partial charge in [0.15, 0.2) is 0 Å². The van der Waals surface area contributed by atoms with Crippen LogP contribution in [-0.2, 0) is 4.79 Å². The maximum atomic E-state index is 11.7. The second-order valence-electron chi connectivity index (χ2n) is 5.46. The van der Waals surface area contributed by atoms with E-state index in [1.807, 2.05) is 18.2 Å². The van der Waals surface area contributed by atoms with Crippen molar-refractivity contribution < 1.29 is 4.79 Å². The normalized spacial score (nSPS) is 17.9. The summed E-state index contributed by atoms with van der Waals surface area (Å²) in [5, 5.41) is 6.36. The molecular weight excluding hydrogens is 250 g/mol. The Hall–Kier alpha value is -1.55. The van der Waals surface area contributed by atoms with Gasteiger partial charge in [0, 0.05) is 38.3 Å². The van der Waals surface area contributed by atoms with Crippen molar-refractivity contribution in [3.8, 4) is 0 Å². The number of hydrogen-bond donors (Lipinski definition) is 2. The lowest BCUT2D eigenvalue weighted by Gasteiger charge is -2.19. The van der Waals surface area contributed by atoms with Gasteiger partial charge < -0.3 is 15.5 Å². The van der Waals surface area contributed by atoms with E-state index < -0.39 is 0 Å². The molecule has 1 aliphatic rings. The Morgan fingerprint density at radius 2 is 2.20 bits per heavy atom. The fourth-order valence-corrected chi connectivity index (χ4v) is 2.58. The van der Waals surface area contributed by atoms with Crippen LogP contribution >= 0.6 is 0 Å². The van der Waals surface area contributed by atoms with E-state index in [0.29, 0.717) is 12.5 Å². The fourth-order valence-electron chi connectivity index (χ4n) is 2.58. The minimum Gasteiger partial charge on any atom is -0.375 e. The van der Waals surface area contributed by atoms with E-state index in [1.165, 1.54) is 12.1 Å². The Morgan fingerprint density at radius 3 is 2.90 bits per heavy atom. The first kappa shape index (κ1) is 14.9. The van der Waals surface area contributed by atoms with Crippen LogP contribution in [0.3, 0.4) is 0 Å². The monoisotopic (exact) mass is 275 g/mol. The van der Waals surface area contributed by atoms with E-state index in [1.54, 1.807) is 0 Å². The summed E-state index contributed by atoms with van der Waals surface area (Å²) < 4.78 is 0. The molecule has 1 atom stereocenters. The number of hydrogen-bond acceptors (Lipinski definition) is 3. The molecule has 0 spiro atoms. The predicted octanol–water partition coefficient (Wildman–Crippen LogP) is 1.77. The molecule has 0 aromatic heterocycles. The SMILES string of the molecule is CN(CCCNC(=O)CC1CCCN1)c1ccccc1. The Labute approximate surface area is 121 Å². The summed E-state index contributed by atoms with van der Waals surface area (Å²) in [5.41, 5.74) is 1.22. The molecule has 1 fully saturated rings. The van der Waals surface area contributed by atoms with E-state index in [2.05, 4.69) is 34.7 Å². The summed E-state index contributed by atoms with van der Waals surface area (Å²) in [6.45, 7) is 2.76. The van der Waals surface area contributed by atoms with Gasteiger partial charge in [0.1, 0.15) is 0 Å². The third-order valence-electron chi connectivity index (χ3n) is 3.78. The average molecular weight is 275 g/mol. The second kappa shape index (κ2) is 7.90. The molecule has 1 aromatic carbocycles. The number of para-hydroxylation sites is 1. The molecule has 110 valence electrons. The van der Waals surface area contributed by atoms with Crippen LogP contribution in [0.1, 0.15) is 25.7 Å². The fraction of sp³-hybridized carbons (Fsp3) is 0.562. The van der Waals surface area contributed by atoms with Crippen molar-refractivity contribution in [3.05, 3.63) is 30.3 Å². The van der Waals surface area contributed by atoms with Gasteiger partial charge in [-0.15, -0.1) is 0 Å². The lowest BCUT2D eigenvalue weighted by molar-refractivity contribution is -0.121. The largest absolute Gasteiger partial charge is 0.375 e. The van der Waals surface area contributed by atoms with Gasteiger partial charge in [-0.1, -0.05) is 18.2 Å². The van der Waals surface area contributed by atoms with Gasteiger partial charge in [-0.05, 0) is 37.9 Å². The number of carbonyl (C=O) groups is 1. The summed E-state index contributed by atoms with van der Waals surface area (Å²) in [6.07, 6.45) is 3.91. The average Bonchev–Trinajstić information content (AvgIpc) is 2.97. The van der Waals surface area contributed by atoms with Gasteiger partial charge >= 0.3 is 0 Å². The number of benzene rings is 1. The van der Waals surface area contributed by atoms with Crippen molar-refractivity contribution in [2.75, 3.05) is 31.6 Å². The quantitative estimate of drug-likeness (QED) is 0.746. The molecule has 4 heteroatoms. The van der Waals surface area contributed by atoms with E-state index in [9.17, 15) is 4.79 Å². The molecule has 0 bridgehead atoms. The maximum Gasteiger partial charge on any atom is 0.221 e. The molecule has 1 unspecified atom stereocenters. The zero-order chi connectivity index (χ0) is 14.2. The highest BCUT2D eigenvalue weighted by atomic mass is 16.1. The molecule has 20 heavy (non-hydrogen) atoms. The molecule has 1 aromatic rings. The zero-order valence-electron chi connectivity index (χ0n) is 12.3. The highest BCUT2D eigenvalue weighted by molar-refractivity contribution is 5.76. The van der Waals surface area contributed by atoms with Crippen LogP contribution < -0.4 is 15.5 Å². The highest BCUT2D eigenvalue weighted by Crippen LogP contribution is 2.11. The van der Waals surface area contributed by atoms with Crippen LogP contribution in [0.25, 0.3) is 0 Å². The molecular formula is C16H25N3O. The molecule has 1 heterocycles. The first-order valence-electron chi connectivity index (χ1n) is 7.52. The van der Waals surface area contributed by atoms with Crippen molar-refractivity contribution in [1.29, 1.82) is 0 Å². The van der Waals surface area contributed by atoms with Gasteiger partial charge in [-0.25, -0.2) is 0 Å². The van der Waals surface area contributed by atoms with E-state index >= 15 is 0 Å². The lowest BCUT2D eigenvalue weighted by atomic mass is 10.1. The predicted molar refractivity (Wildman–Crippen MR) is 83.0 cm³/mol. The third kappa shape index (κ3) is 4.85. The topological polar surface area (TPSA) is 44.4 Å². The molecule has 1 aliphatic heterocycles. The van der Waals surface area contributed by atoms with Crippen molar-refractivity contribution in [3.63, 3.8) is 0 Å². The molecule has 2 rings (SSSR count). The number of nitrogens with one attached hydrogen (secondary N) is 2. The lowest BCUT2D eigenvalue weighted by Crippen LogP contribution is -2.33. The minimum absolute atomic E-state index is 0.173. The number of amides is 1. The maximum absolute atomic E-state index is 11.7. The van der Waals surface area contributed by atoms with Crippen molar-refractivity contribution >= 4 is 11.6 Å². The van der Waals surface area contributed by atoms with Crippen molar-refractivity contribution in [1.82, 2.24) is 10.6 Å². The Bertz CT molecular complexity index is 401. The van der Waals surface area contributed by atoms with Crippen LogP contribution in [0.2, 0.25) is 0 Å². The minimum atomic E-state index is 0.173. The highest BCUT2D eigenvalue weighted by Gasteiger charge is 2.17. The Balaban J connectivity index is 1.58. The third-order valence-corrected chi connectivity index (χ3v) is 3.78. The number of nitrogens with zero attached hydrogens (tertiary/aromatic N) is 1. The summed E-state index contributed by atoms with van der Waals surface area (Å²) in [6, 6.07) is 10.7. The molecule has 1 saturated heterocycles. The van der Waals surface area contributed by atoms with Crippen LogP contribution in [0, 0.1) is 0 Å². The van der Waals surface area contributed by atoms with E-state index in [4.69, 9.17) is 0 Å². The summed E-state index contributed by atoms with van der Waals surface area (Å²) in [5.74, 6) is 0.173. The first-order chi connectivity index (χ1) is 9.75. The molecule has 0 radical (unpaired) electrons. The van der Waals surface area contributed by atoms with Crippen molar-refractivity contribution in [2.24, 2.45) is 0 Å². The van der Waals surface area contributed by atoms with E-state index in [-0.39, 0.29) is 5.91 Å². The number of carbonyl (C=O) groups excluding carboxylic acids is 1. The van der Waals surface area contributed by atoms with Crippen LogP contribution in [0.15, 0.2) is 30.3 Å². The van der Waals surface area contributed by atoms with Gasteiger partial charge in [0.2, 0.25) is 5.91 Å². The van der Waals surface area contributed by atoms with Gasteiger partial charge in [0.25, 0.3) is 0 Å². The molecule has 4 nitrogen and oxygen atoms in total. The molecule has 1 amide bonds. The summed E-state index contributed by atoms with van der Waals surface area (Å²) in [4.78, 5) is 14.0. The molecule has 0 aliphatic carbocycles. The number of anilines is 1.